The molecule has 1 heterocycles. The first-order chi connectivity index (χ1) is 13.5. The van der Waals surface area contributed by atoms with E-state index in [1.54, 1.807) is 6.07 Å². The third-order valence-electron chi connectivity index (χ3n) is 4.05. The Morgan fingerprint density at radius 2 is 1.82 bits per heavy atom. The van der Waals surface area contributed by atoms with Gasteiger partial charge in [-0.05, 0) is 45.3 Å². The molecule has 0 aliphatic rings. The summed E-state index contributed by atoms with van der Waals surface area (Å²) in [7, 11) is 4.07. The van der Waals surface area contributed by atoms with Gasteiger partial charge in [-0.15, -0.1) is 0 Å². The average Bonchev–Trinajstić information content (AvgIpc) is 2.68. The van der Waals surface area contributed by atoms with E-state index in [0.29, 0.717) is 16.8 Å². The highest BCUT2D eigenvalue weighted by Crippen LogP contribution is 2.26. The fraction of sp³-hybridized carbons (Fsp3) is 0.238. The van der Waals surface area contributed by atoms with Gasteiger partial charge in [-0.25, -0.2) is 9.37 Å². The Bertz CT molecular complexity index is 918. The number of nitrogens with zero attached hydrogens (tertiary/aromatic N) is 3. The van der Waals surface area contributed by atoms with Crippen molar-refractivity contribution in [1.29, 1.82) is 0 Å². The number of benzene rings is 2. The largest absolute Gasteiger partial charge is 0.354 e. The normalized spacial score (nSPS) is 10.9. The van der Waals surface area contributed by atoms with Gasteiger partial charge in [0.1, 0.15) is 11.6 Å². The second-order valence-electron chi connectivity index (χ2n) is 6.66. The molecule has 0 atom stereocenters. The van der Waals surface area contributed by atoms with E-state index in [1.807, 2.05) is 44.4 Å². The van der Waals surface area contributed by atoms with Gasteiger partial charge >= 0.3 is 0 Å². The van der Waals surface area contributed by atoms with Crippen molar-refractivity contribution >= 4 is 29.1 Å². The molecule has 0 amide bonds. The number of rotatable bonds is 8. The first-order valence-electron chi connectivity index (χ1n) is 9.06. The van der Waals surface area contributed by atoms with Crippen LogP contribution in [0, 0.1) is 5.82 Å². The van der Waals surface area contributed by atoms with Gasteiger partial charge < -0.3 is 15.5 Å². The monoisotopic (exact) mass is 399 g/mol. The summed E-state index contributed by atoms with van der Waals surface area (Å²) in [5.74, 6) is 0.583. The Morgan fingerprint density at radius 3 is 2.57 bits per heavy atom. The Labute approximate surface area is 169 Å². The van der Waals surface area contributed by atoms with E-state index in [0.717, 1.165) is 30.8 Å². The molecule has 0 spiro atoms. The third kappa shape index (κ3) is 5.65. The molecular formula is C21H23ClFN5. The molecule has 0 aliphatic heterocycles. The van der Waals surface area contributed by atoms with Crippen molar-refractivity contribution in [1.82, 2.24) is 14.9 Å². The summed E-state index contributed by atoms with van der Waals surface area (Å²) in [6.07, 6.45) is 0.956. The van der Waals surface area contributed by atoms with Crippen molar-refractivity contribution in [3.05, 3.63) is 65.4 Å². The molecule has 0 saturated heterocycles. The van der Waals surface area contributed by atoms with Crippen LogP contribution in [0.15, 0.2) is 54.6 Å². The number of hydrogen-bond donors (Lipinski definition) is 2. The van der Waals surface area contributed by atoms with Gasteiger partial charge in [0.2, 0.25) is 5.95 Å². The van der Waals surface area contributed by atoms with Gasteiger partial charge in [0.15, 0.2) is 0 Å². The molecule has 2 N–H and O–H groups in total. The molecule has 1 aromatic heterocycles. The molecule has 28 heavy (non-hydrogen) atoms. The fourth-order valence-corrected chi connectivity index (χ4v) is 2.85. The minimum absolute atomic E-state index is 0.267. The van der Waals surface area contributed by atoms with Gasteiger partial charge in [-0.2, -0.15) is 4.98 Å². The summed E-state index contributed by atoms with van der Waals surface area (Å²) in [6.45, 7) is 1.70. The minimum Gasteiger partial charge on any atom is -0.354 e. The van der Waals surface area contributed by atoms with Crippen molar-refractivity contribution in [3.8, 4) is 11.3 Å². The van der Waals surface area contributed by atoms with Crippen LogP contribution in [0.4, 0.5) is 21.8 Å². The van der Waals surface area contributed by atoms with Crippen molar-refractivity contribution < 1.29 is 4.39 Å². The minimum atomic E-state index is -0.398. The second kappa shape index (κ2) is 9.48. The molecule has 0 radical (unpaired) electrons. The number of anilines is 3. The van der Waals surface area contributed by atoms with E-state index in [9.17, 15) is 4.39 Å². The molecule has 5 nitrogen and oxygen atoms in total. The number of aromatic nitrogens is 2. The van der Waals surface area contributed by atoms with E-state index >= 15 is 0 Å². The first kappa shape index (κ1) is 20.0. The van der Waals surface area contributed by atoms with Crippen LogP contribution in [0.25, 0.3) is 11.3 Å². The highest BCUT2D eigenvalue weighted by atomic mass is 35.5. The predicted octanol–water partition coefficient (Wildman–Crippen LogP) is 5.04. The van der Waals surface area contributed by atoms with E-state index < -0.39 is 5.82 Å². The Balaban J connectivity index is 1.87. The predicted molar refractivity (Wildman–Crippen MR) is 114 cm³/mol. The number of hydrogen-bond acceptors (Lipinski definition) is 5. The maximum Gasteiger partial charge on any atom is 0.225 e. The van der Waals surface area contributed by atoms with Crippen molar-refractivity contribution in [2.24, 2.45) is 0 Å². The van der Waals surface area contributed by atoms with Crippen LogP contribution in [0.2, 0.25) is 5.02 Å². The highest BCUT2D eigenvalue weighted by Gasteiger charge is 2.10. The fourth-order valence-electron chi connectivity index (χ4n) is 2.67. The lowest BCUT2D eigenvalue weighted by molar-refractivity contribution is 0.405. The Kier molecular flexibility index (Phi) is 6.79. The molecule has 0 aliphatic carbocycles. The quantitative estimate of drug-likeness (QED) is 0.519. The summed E-state index contributed by atoms with van der Waals surface area (Å²) in [4.78, 5) is 11.2. The van der Waals surface area contributed by atoms with Crippen LogP contribution in [-0.2, 0) is 0 Å². The van der Waals surface area contributed by atoms with Gasteiger partial charge in [0.25, 0.3) is 0 Å². The lowest BCUT2D eigenvalue weighted by atomic mass is 10.1. The molecule has 0 bridgehead atoms. The number of nitrogens with one attached hydrogen (secondary N) is 2. The standard InChI is InChI=1S/C21H23ClFN5/c1-28(2)12-6-11-24-21-26-18(15-7-4-3-5-8-15)14-20(27-21)25-19-13-16(22)9-10-17(19)23/h3-5,7-10,13-14H,6,11-12H2,1-2H3,(H2,24,25,26,27). The smallest absolute Gasteiger partial charge is 0.225 e. The summed E-state index contributed by atoms with van der Waals surface area (Å²) in [5.41, 5.74) is 1.97. The number of halogens is 2. The molecule has 3 aromatic rings. The molecule has 2 aromatic carbocycles. The Morgan fingerprint density at radius 1 is 1.04 bits per heavy atom. The van der Waals surface area contributed by atoms with E-state index in [2.05, 4.69) is 25.5 Å². The van der Waals surface area contributed by atoms with Gasteiger partial charge in [0, 0.05) is 23.2 Å². The van der Waals surface area contributed by atoms with Crippen LogP contribution >= 0.6 is 11.6 Å². The summed E-state index contributed by atoms with van der Waals surface area (Å²) in [6, 6.07) is 16.0. The van der Waals surface area contributed by atoms with E-state index in [-0.39, 0.29) is 5.69 Å². The molecule has 0 unspecified atom stereocenters. The first-order valence-corrected chi connectivity index (χ1v) is 9.44. The van der Waals surface area contributed by atoms with Gasteiger partial charge in [-0.1, -0.05) is 41.9 Å². The van der Waals surface area contributed by atoms with Crippen LogP contribution in [-0.4, -0.2) is 42.1 Å². The van der Waals surface area contributed by atoms with Crippen LogP contribution in [0.1, 0.15) is 6.42 Å². The van der Waals surface area contributed by atoms with Crippen LogP contribution < -0.4 is 10.6 Å². The molecule has 7 heteroatoms. The van der Waals surface area contributed by atoms with Gasteiger partial charge in [-0.3, -0.25) is 0 Å². The molecule has 146 valence electrons. The lowest BCUT2D eigenvalue weighted by Gasteiger charge is -2.13. The topological polar surface area (TPSA) is 53.1 Å². The van der Waals surface area contributed by atoms with Crippen molar-refractivity contribution in [2.45, 2.75) is 6.42 Å². The lowest BCUT2D eigenvalue weighted by Crippen LogP contribution is -2.17. The van der Waals surface area contributed by atoms with Crippen LogP contribution in [0.5, 0.6) is 0 Å². The van der Waals surface area contributed by atoms with E-state index in [1.165, 1.54) is 18.2 Å². The zero-order valence-corrected chi connectivity index (χ0v) is 16.7. The van der Waals surface area contributed by atoms with E-state index in [4.69, 9.17) is 11.6 Å². The second-order valence-corrected chi connectivity index (χ2v) is 7.10. The molecular weight excluding hydrogens is 377 g/mol. The zero-order chi connectivity index (χ0) is 19.9. The van der Waals surface area contributed by atoms with Crippen molar-refractivity contribution in [3.63, 3.8) is 0 Å². The van der Waals surface area contributed by atoms with Crippen LogP contribution in [0.3, 0.4) is 0 Å². The highest BCUT2D eigenvalue weighted by molar-refractivity contribution is 6.30. The molecule has 0 saturated carbocycles. The summed E-state index contributed by atoms with van der Waals surface area (Å²) >= 11 is 6.00. The summed E-state index contributed by atoms with van der Waals surface area (Å²) < 4.78 is 14.1. The zero-order valence-electron chi connectivity index (χ0n) is 15.9. The summed E-state index contributed by atoms with van der Waals surface area (Å²) in [5, 5.41) is 6.71. The molecule has 3 rings (SSSR count). The Hall–Kier alpha value is -2.70. The maximum atomic E-state index is 14.1. The van der Waals surface area contributed by atoms with Gasteiger partial charge in [0.05, 0.1) is 11.4 Å². The van der Waals surface area contributed by atoms with Crippen molar-refractivity contribution in [2.75, 3.05) is 37.8 Å². The maximum absolute atomic E-state index is 14.1. The SMILES string of the molecule is CN(C)CCCNc1nc(Nc2cc(Cl)ccc2F)cc(-c2ccccc2)n1. The average molecular weight is 400 g/mol. The third-order valence-corrected chi connectivity index (χ3v) is 4.29. The molecule has 0 fully saturated rings.